The van der Waals surface area contributed by atoms with Gasteiger partial charge in [-0.05, 0) is 42.8 Å². The average molecular weight is 289 g/mol. The van der Waals surface area contributed by atoms with Crippen molar-refractivity contribution in [3.8, 4) is 0 Å². The van der Waals surface area contributed by atoms with Gasteiger partial charge in [-0.1, -0.05) is 6.92 Å². The third-order valence-electron chi connectivity index (χ3n) is 3.56. The van der Waals surface area contributed by atoms with E-state index in [0.29, 0.717) is 23.4 Å². The largest absolute Gasteiger partial charge is 0.481 e. The Morgan fingerprint density at radius 1 is 1.19 bits per heavy atom. The van der Waals surface area contributed by atoms with Crippen LogP contribution in [0.3, 0.4) is 0 Å². The quantitative estimate of drug-likeness (QED) is 0.861. The Morgan fingerprint density at radius 2 is 1.81 bits per heavy atom. The number of carboxylic acid groups (broad SMARTS) is 1. The topological polar surface area (TPSA) is 59.3 Å². The highest BCUT2D eigenvalue weighted by atomic mass is 19.1. The minimum atomic E-state index is -0.917. The van der Waals surface area contributed by atoms with Crippen LogP contribution in [0.2, 0.25) is 0 Å². The molecule has 21 heavy (non-hydrogen) atoms. The molecule has 0 aliphatic rings. The van der Waals surface area contributed by atoms with Gasteiger partial charge in [0.05, 0.1) is 11.6 Å². The second-order valence-corrected chi connectivity index (χ2v) is 4.84. The van der Waals surface area contributed by atoms with E-state index < -0.39 is 17.7 Å². The van der Waals surface area contributed by atoms with Crippen LogP contribution < -0.4 is 0 Å². The summed E-state index contributed by atoms with van der Waals surface area (Å²) < 4.78 is 14.5. The van der Waals surface area contributed by atoms with Crippen molar-refractivity contribution < 1.29 is 19.1 Å². The Morgan fingerprint density at radius 3 is 2.33 bits per heavy atom. The maximum Gasteiger partial charge on any atom is 0.312 e. The maximum atomic E-state index is 12.9. The highest BCUT2D eigenvalue weighted by Gasteiger charge is 2.23. The fourth-order valence-corrected chi connectivity index (χ4v) is 2.36. The lowest BCUT2D eigenvalue weighted by Crippen LogP contribution is -2.16. The number of hydrogen-bond acceptors (Lipinski definition) is 2. The normalized spacial score (nSPS) is 12.1. The molecule has 1 heterocycles. The number of nitrogens with zero attached hydrogens (tertiary/aromatic N) is 1. The Hall–Kier alpha value is -2.43. The fourth-order valence-electron chi connectivity index (χ4n) is 2.36. The van der Waals surface area contributed by atoms with E-state index in [1.807, 2.05) is 0 Å². The van der Waals surface area contributed by atoms with Crippen molar-refractivity contribution in [1.82, 2.24) is 4.57 Å². The molecule has 4 nitrogen and oxygen atoms in total. The Balaban J connectivity index is 2.38. The van der Waals surface area contributed by atoms with E-state index in [2.05, 4.69) is 0 Å². The van der Waals surface area contributed by atoms with Crippen molar-refractivity contribution in [2.45, 2.75) is 19.3 Å². The highest BCUT2D eigenvalue weighted by Crippen LogP contribution is 2.23. The van der Waals surface area contributed by atoms with Crippen LogP contribution in [0.15, 0.2) is 36.4 Å². The van der Waals surface area contributed by atoms with E-state index in [1.54, 1.807) is 30.7 Å². The van der Waals surface area contributed by atoms with Crippen LogP contribution in [-0.4, -0.2) is 21.4 Å². The van der Waals surface area contributed by atoms with Gasteiger partial charge in [-0.25, -0.2) is 4.39 Å². The van der Waals surface area contributed by atoms with Crippen LogP contribution in [0.25, 0.3) is 0 Å². The second-order valence-electron chi connectivity index (χ2n) is 4.84. The minimum Gasteiger partial charge on any atom is -0.481 e. The molecule has 0 radical (unpaired) electrons. The molecule has 110 valence electrons. The van der Waals surface area contributed by atoms with Crippen LogP contribution in [-0.2, 0) is 11.8 Å². The molecule has 1 aromatic heterocycles. The fraction of sp³-hybridized carbons (Fsp3) is 0.250. The zero-order chi connectivity index (χ0) is 15.6. The van der Waals surface area contributed by atoms with Crippen molar-refractivity contribution in [2.24, 2.45) is 7.05 Å². The van der Waals surface area contributed by atoms with Crippen LogP contribution in [0.5, 0.6) is 0 Å². The van der Waals surface area contributed by atoms with E-state index in [1.165, 1.54) is 24.3 Å². The van der Waals surface area contributed by atoms with Crippen molar-refractivity contribution in [3.05, 3.63) is 59.2 Å². The standard InChI is InChI=1S/C16H16FNO3/c1-3-12(16(20)21)13-8-9-14(18(13)2)15(19)10-4-6-11(17)7-5-10/h4-9,12H,3H2,1-2H3,(H,20,21). The summed E-state index contributed by atoms with van der Waals surface area (Å²) in [6.45, 7) is 1.78. The maximum absolute atomic E-state index is 12.9. The van der Waals surface area contributed by atoms with Crippen LogP contribution >= 0.6 is 0 Å². The lowest BCUT2D eigenvalue weighted by molar-refractivity contribution is -0.139. The van der Waals surface area contributed by atoms with E-state index in [9.17, 15) is 19.1 Å². The third kappa shape index (κ3) is 2.86. The van der Waals surface area contributed by atoms with Crippen LogP contribution in [0.1, 0.15) is 41.0 Å². The molecular weight excluding hydrogens is 273 g/mol. The van der Waals surface area contributed by atoms with Gasteiger partial charge in [-0.3, -0.25) is 9.59 Å². The summed E-state index contributed by atoms with van der Waals surface area (Å²) in [5.41, 5.74) is 1.33. The number of hydrogen-bond donors (Lipinski definition) is 1. The lowest BCUT2D eigenvalue weighted by Gasteiger charge is -2.12. The van der Waals surface area contributed by atoms with Crippen molar-refractivity contribution in [3.63, 3.8) is 0 Å². The molecule has 1 N–H and O–H groups in total. The van der Waals surface area contributed by atoms with Gasteiger partial charge in [0.25, 0.3) is 0 Å². The van der Waals surface area contributed by atoms with E-state index in [4.69, 9.17) is 0 Å². The molecule has 0 spiro atoms. The lowest BCUT2D eigenvalue weighted by atomic mass is 10.0. The first-order chi connectivity index (χ1) is 9.95. The van der Waals surface area contributed by atoms with Gasteiger partial charge >= 0.3 is 5.97 Å². The molecular formula is C16H16FNO3. The molecule has 0 fully saturated rings. The van der Waals surface area contributed by atoms with Gasteiger partial charge in [0, 0.05) is 18.3 Å². The zero-order valence-electron chi connectivity index (χ0n) is 11.8. The van der Waals surface area contributed by atoms with Gasteiger partial charge in [0.2, 0.25) is 5.78 Å². The molecule has 5 heteroatoms. The first-order valence-corrected chi connectivity index (χ1v) is 6.64. The summed E-state index contributed by atoms with van der Waals surface area (Å²) in [6, 6.07) is 8.54. The average Bonchev–Trinajstić information content (AvgIpc) is 2.81. The molecule has 0 bridgehead atoms. The molecule has 1 aromatic carbocycles. The number of carboxylic acids is 1. The van der Waals surface area contributed by atoms with Gasteiger partial charge in [0.15, 0.2) is 0 Å². The number of ketones is 1. The molecule has 2 rings (SSSR count). The van der Waals surface area contributed by atoms with Crippen molar-refractivity contribution in [1.29, 1.82) is 0 Å². The van der Waals surface area contributed by atoms with Crippen molar-refractivity contribution >= 4 is 11.8 Å². The number of rotatable bonds is 5. The number of aromatic nitrogens is 1. The summed E-state index contributed by atoms with van der Waals surface area (Å²) in [4.78, 5) is 23.6. The Bertz CT molecular complexity index is 673. The first-order valence-electron chi connectivity index (χ1n) is 6.64. The highest BCUT2D eigenvalue weighted by molar-refractivity contribution is 6.08. The predicted molar refractivity (Wildman–Crippen MR) is 75.9 cm³/mol. The number of carbonyl (C=O) groups is 2. The number of halogens is 1. The van der Waals surface area contributed by atoms with Gasteiger partial charge in [-0.2, -0.15) is 0 Å². The summed E-state index contributed by atoms with van der Waals surface area (Å²) in [5, 5.41) is 9.21. The van der Waals surface area contributed by atoms with E-state index in [0.717, 1.165) is 0 Å². The zero-order valence-corrected chi connectivity index (χ0v) is 11.8. The molecule has 0 aliphatic carbocycles. The number of benzene rings is 1. The molecule has 0 saturated heterocycles. The predicted octanol–water partition coefficient (Wildman–Crippen LogP) is 2.97. The van der Waals surface area contributed by atoms with Gasteiger partial charge < -0.3 is 9.67 Å². The number of aliphatic carboxylic acids is 1. The van der Waals surface area contributed by atoms with Gasteiger partial charge in [-0.15, -0.1) is 0 Å². The first kappa shape index (κ1) is 15.0. The third-order valence-corrected chi connectivity index (χ3v) is 3.56. The van der Waals surface area contributed by atoms with E-state index in [-0.39, 0.29) is 5.78 Å². The van der Waals surface area contributed by atoms with Gasteiger partial charge in [0.1, 0.15) is 5.82 Å². The summed E-state index contributed by atoms with van der Waals surface area (Å²) in [7, 11) is 1.66. The minimum absolute atomic E-state index is 0.260. The monoisotopic (exact) mass is 289 g/mol. The number of carbonyl (C=O) groups excluding carboxylic acids is 1. The molecule has 0 aliphatic heterocycles. The summed E-state index contributed by atoms with van der Waals surface area (Å²) in [6.07, 6.45) is 0.442. The van der Waals surface area contributed by atoms with Crippen LogP contribution in [0, 0.1) is 5.82 Å². The molecule has 1 unspecified atom stereocenters. The van der Waals surface area contributed by atoms with Crippen LogP contribution in [0.4, 0.5) is 4.39 Å². The summed E-state index contributed by atoms with van der Waals surface area (Å²) in [5.74, 6) is -2.23. The molecule has 0 amide bonds. The molecule has 1 atom stereocenters. The summed E-state index contributed by atoms with van der Waals surface area (Å²) >= 11 is 0. The molecule has 2 aromatic rings. The molecule has 0 saturated carbocycles. The van der Waals surface area contributed by atoms with Crippen molar-refractivity contribution in [2.75, 3.05) is 0 Å². The van der Waals surface area contributed by atoms with E-state index >= 15 is 0 Å². The second kappa shape index (κ2) is 5.91. The SMILES string of the molecule is CCC(C(=O)O)c1ccc(C(=O)c2ccc(F)cc2)n1C. The Labute approximate surface area is 121 Å². The Kier molecular flexibility index (Phi) is 4.21. The smallest absolute Gasteiger partial charge is 0.312 e.